The van der Waals surface area contributed by atoms with Crippen LogP contribution in [-0.2, 0) is 25.9 Å². The van der Waals surface area contributed by atoms with Crippen molar-refractivity contribution >= 4 is 17.6 Å². The standard InChI is InChI=1S/C18H25ClN6/c1-20-18(21-11-10-14-7-4-5-8-15(14)19)22-13-17-24-23-16-9-3-2-6-12-25(16)17/h4-5,7-8H,2-3,6,9-13H2,1H3,(H2,20,21,22). The zero-order valence-corrected chi connectivity index (χ0v) is 15.4. The summed E-state index contributed by atoms with van der Waals surface area (Å²) < 4.78 is 2.25. The van der Waals surface area contributed by atoms with Gasteiger partial charge in [-0.25, -0.2) is 0 Å². The number of hydrogen-bond acceptors (Lipinski definition) is 3. The van der Waals surface area contributed by atoms with Gasteiger partial charge in [0.15, 0.2) is 11.8 Å². The van der Waals surface area contributed by atoms with Gasteiger partial charge in [-0.1, -0.05) is 36.2 Å². The van der Waals surface area contributed by atoms with E-state index in [1.54, 1.807) is 7.05 Å². The van der Waals surface area contributed by atoms with E-state index < -0.39 is 0 Å². The van der Waals surface area contributed by atoms with Crippen molar-refractivity contribution in [3.8, 4) is 0 Å². The summed E-state index contributed by atoms with van der Waals surface area (Å²) in [6, 6.07) is 7.92. The first-order valence-electron chi connectivity index (χ1n) is 8.87. The van der Waals surface area contributed by atoms with Crippen LogP contribution >= 0.6 is 11.6 Å². The molecule has 6 nitrogen and oxygen atoms in total. The molecule has 0 atom stereocenters. The fourth-order valence-electron chi connectivity index (χ4n) is 3.08. The van der Waals surface area contributed by atoms with Crippen LogP contribution < -0.4 is 10.6 Å². The quantitative estimate of drug-likeness (QED) is 0.635. The second-order valence-corrected chi connectivity index (χ2v) is 6.60. The number of nitrogens with zero attached hydrogens (tertiary/aromatic N) is 4. The van der Waals surface area contributed by atoms with Crippen molar-refractivity contribution in [3.05, 3.63) is 46.5 Å². The molecule has 0 unspecified atom stereocenters. The van der Waals surface area contributed by atoms with Crippen LogP contribution in [0.5, 0.6) is 0 Å². The molecular weight excluding hydrogens is 336 g/mol. The van der Waals surface area contributed by atoms with Crippen molar-refractivity contribution in [3.63, 3.8) is 0 Å². The minimum atomic E-state index is 0.624. The first-order chi connectivity index (χ1) is 12.3. The van der Waals surface area contributed by atoms with Crippen molar-refractivity contribution in [2.75, 3.05) is 13.6 Å². The summed E-state index contributed by atoms with van der Waals surface area (Å²) in [5.41, 5.74) is 1.13. The molecule has 2 aromatic rings. The number of aryl methyl sites for hydroxylation is 1. The Morgan fingerprint density at radius 2 is 2.08 bits per heavy atom. The smallest absolute Gasteiger partial charge is 0.191 e. The van der Waals surface area contributed by atoms with Crippen molar-refractivity contribution in [2.45, 2.75) is 45.2 Å². The molecule has 1 aromatic heterocycles. The normalized spacial score (nSPS) is 14.7. The molecule has 0 saturated heterocycles. The molecule has 134 valence electrons. The molecule has 1 aromatic carbocycles. The monoisotopic (exact) mass is 360 g/mol. The van der Waals surface area contributed by atoms with Gasteiger partial charge in [0, 0.05) is 31.6 Å². The highest BCUT2D eigenvalue weighted by atomic mass is 35.5. The van der Waals surface area contributed by atoms with Gasteiger partial charge < -0.3 is 15.2 Å². The number of aromatic nitrogens is 3. The van der Waals surface area contributed by atoms with E-state index >= 15 is 0 Å². The summed E-state index contributed by atoms with van der Waals surface area (Å²) in [7, 11) is 1.77. The van der Waals surface area contributed by atoms with E-state index in [0.717, 1.165) is 54.1 Å². The summed E-state index contributed by atoms with van der Waals surface area (Å²) in [6.07, 6.45) is 5.54. The Bertz CT molecular complexity index is 724. The van der Waals surface area contributed by atoms with E-state index in [0.29, 0.717) is 6.54 Å². The minimum Gasteiger partial charge on any atom is -0.356 e. The van der Waals surface area contributed by atoms with E-state index in [4.69, 9.17) is 11.6 Å². The van der Waals surface area contributed by atoms with E-state index in [-0.39, 0.29) is 0 Å². The van der Waals surface area contributed by atoms with Gasteiger partial charge in [-0.15, -0.1) is 10.2 Å². The maximum Gasteiger partial charge on any atom is 0.191 e. The molecule has 1 aliphatic rings. The number of nitrogens with one attached hydrogen (secondary N) is 2. The number of halogens is 1. The molecule has 3 rings (SSSR count). The van der Waals surface area contributed by atoms with Crippen LogP contribution in [-0.4, -0.2) is 34.3 Å². The lowest BCUT2D eigenvalue weighted by molar-refractivity contribution is 0.596. The van der Waals surface area contributed by atoms with Crippen LogP contribution in [0, 0.1) is 0 Å². The SMILES string of the molecule is CN=C(NCCc1ccccc1Cl)NCc1nnc2n1CCCCC2. The van der Waals surface area contributed by atoms with Gasteiger partial charge in [0.25, 0.3) is 0 Å². The Morgan fingerprint density at radius 3 is 2.92 bits per heavy atom. The number of guanidine groups is 1. The van der Waals surface area contributed by atoms with Crippen LogP contribution in [0.4, 0.5) is 0 Å². The molecule has 25 heavy (non-hydrogen) atoms. The highest BCUT2D eigenvalue weighted by Crippen LogP contribution is 2.15. The molecule has 7 heteroatoms. The lowest BCUT2D eigenvalue weighted by atomic mass is 10.1. The average Bonchev–Trinajstić information content (AvgIpc) is 2.86. The predicted molar refractivity (Wildman–Crippen MR) is 101 cm³/mol. The lowest BCUT2D eigenvalue weighted by Crippen LogP contribution is -2.38. The molecule has 1 aliphatic heterocycles. The third kappa shape index (κ3) is 4.72. The third-order valence-electron chi connectivity index (χ3n) is 4.47. The Kier molecular flexibility index (Phi) is 6.28. The van der Waals surface area contributed by atoms with E-state index in [1.165, 1.54) is 19.3 Å². The number of benzene rings is 1. The highest BCUT2D eigenvalue weighted by Gasteiger charge is 2.14. The molecular formula is C18H25ClN6. The Morgan fingerprint density at radius 1 is 1.20 bits per heavy atom. The van der Waals surface area contributed by atoms with Crippen LogP contribution in [0.1, 0.15) is 36.5 Å². The fourth-order valence-corrected chi connectivity index (χ4v) is 3.31. The Hall–Kier alpha value is -2.08. The fraction of sp³-hybridized carbons (Fsp3) is 0.500. The maximum atomic E-state index is 6.19. The second kappa shape index (κ2) is 8.85. The first-order valence-corrected chi connectivity index (χ1v) is 9.24. The molecule has 0 aliphatic carbocycles. The number of rotatable bonds is 5. The van der Waals surface area contributed by atoms with Crippen molar-refractivity contribution < 1.29 is 0 Å². The van der Waals surface area contributed by atoms with Crippen LogP contribution in [0.3, 0.4) is 0 Å². The molecule has 2 heterocycles. The number of fused-ring (bicyclic) bond motifs is 1. The van der Waals surface area contributed by atoms with Gasteiger partial charge in [-0.2, -0.15) is 0 Å². The second-order valence-electron chi connectivity index (χ2n) is 6.19. The molecule has 0 amide bonds. The third-order valence-corrected chi connectivity index (χ3v) is 4.84. The van der Waals surface area contributed by atoms with Gasteiger partial charge in [0.2, 0.25) is 0 Å². The Labute approximate surface area is 153 Å². The molecule has 0 fully saturated rings. The van der Waals surface area contributed by atoms with Gasteiger partial charge >= 0.3 is 0 Å². The van der Waals surface area contributed by atoms with Gasteiger partial charge in [0.05, 0.1) is 6.54 Å². The topological polar surface area (TPSA) is 67.1 Å². The molecule has 2 N–H and O–H groups in total. The summed E-state index contributed by atoms with van der Waals surface area (Å²) in [5.74, 6) is 2.85. The summed E-state index contributed by atoms with van der Waals surface area (Å²) in [6.45, 7) is 2.40. The zero-order chi connectivity index (χ0) is 17.5. The first kappa shape index (κ1) is 17.7. The molecule has 0 saturated carbocycles. The van der Waals surface area contributed by atoms with E-state index in [9.17, 15) is 0 Å². The number of aliphatic imine (C=N–C) groups is 1. The minimum absolute atomic E-state index is 0.624. The van der Waals surface area contributed by atoms with Crippen LogP contribution in [0.15, 0.2) is 29.3 Å². The van der Waals surface area contributed by atoms with Crippen molar-refractivity contribution in [2.24, 2.45) is 4.99 Å². The predicted octanol–water partition coefficient (Wildman–Crippen LogP) is 2.57. The highest BCUT2D eigenvalue weighted by molar-refractivity contribution is 6.31. The molecule has 0 spiro atoms. The van der Waals surface area contributed by atoms with E-state index in [1.807, 2.05) is 24.3 Å². The van der Waals surface area contributed by atoms with Gasteiger partial charge in [-0.05, 0) is 30.9 Å². The van der Waals surface area contributed by atoms with Gasteiger partial charge in [-0.3, -0.25) is 4.99 Å². The van der Waals surface area contributed by atoms with Crippen LogP contribution in [0.25, 0.3) is 0 Å². The molecule has 0 bridgehead atoms. The van der Waals surface area contributed by atoms with Crippen LogP contribution in [0.2, 0.25) is 5.02 Å². The van der Waals surface area contributed by atoms with Gasteiger partial charge in [0.1, 0.15) is 5.82 Å². The van der Waals surface area contributed by atoms with Crippen molar-refractivity contribution in [1.82, 2.24) is 25.4 Å². The summed E-state index contributed by atoms with van der Waals surface area (Å²) >= 11 is 6.19. The summed E-state index contributed by atoms with van der Waals surface area (Å²) in [4.78, 5) is 4.28. The van der Waals surface area contributed by atoms with E-state index in [2.05, 4.69) is 30.4 Å². The summed E-state index contributed by atoms with van der Waals surface area (Å²) in [5, 5.41) is 16.1. The zero-order valence-electron chi connectivity index (χ0n) is 14.6. The maximum absolute atomic E-state index is 6.19. The van der Waals surface area contributed by atoms with Crippen molar-refractivity contribution in [1.29, 1.82) is 0 Å². The number of hydrogen-bond donors (Lipinski definition) is 2. The lowest BCUT2D eigenvalue weighted by Gasteiger charge is -2.13. The average molecular weight is 361 g/mol. The largest absolute Gasteiger partial charge is 0.356 e. The Balaban J connectivity index is 1.50. The molecule has 0 radical (unpaired) electrons.